The Hall–Kier alpha value is -2.71. The Balaban J connectivity index is 2.34. The van der Waals surface area contributed by atoms with Gasteiger partial charge in [-0.1, -0.05) is 18.2 Å². The fourth-order valence-electron chi connectivity index (χ4n) is 2.66. The average Bonchev–Trinajstić information content (AvgIpc) is 2.69. The van der Waals surface area contributed by atoms with Crippen LogP contribution in [0.1, 0.15) is 34.6 Å². The van der Waals surface area contributed by atoms with Crippen LogP contribution >= 0.6 is 0 Å². The van der Waals surface area contributed by atoms with Gasteiger partial charge in [-0.15, -0.1) is 0 Å². The molecule has 2 aromatic carbocycles. The lowest BCUT2D eigenvalue weighted by atomic mass is 10.1. The van der Waals surface area contributed by atoms with Crippen LogP contribution in [0.3, 0.4) is 0 Å². The van der Waals surface area contributed by atoms with Gasteiger partial charge in [-0.3, -0.25) is 9.59 Å². The Bertz CT molecular complexity index is 967. The van der Waals surface area contributed by atoms with Crippen LogP contribution in [0.5, 0.6) is 0 Å². The Morgan fingerprint density at radius 2 is 1.61 bits per heavy atom. The van der Waals surface area contributed by atoms with E-state index >= 15 is 0 Å². The highest BCUT2D eigenvalue weighted by Gasteiger charge is 2.20. The maximum Gasteiger partial charge on any atom is 0.255 e. The van der Waals surface area contributed by atoms with Crippen LogP contribution in [-0.2, 0) is 10.0 Å². The molecule has 28 heavy (non-hydrogen) atoms. The molecule has 0 unspecified atom stereocenters. The van der Waals surface area contributed by atoms with Gasteiger partial charge in [-0.05, 0) is 44.2 Å². The predicted octanol–water partition coefficient (Wildman–Crippen LogP) is 2.67. The number of carbonyl (C=O) groups is 2. The molecular weight excluding hydrogens is 378 g/mol. The first-order valence-corrected chi connectivity index (χ1v) is 10.4. The Morgan fingerprint density at radius 3 is 2.21 bits per heavy atom. The molecule has 2 aromatic rings. The minimum atomic E-state index is -3.65. The van der Waals surface area contributed by atoms with E-state index in [1.165, 1.54) is 38.4 Å². The van der Waals surface area contributed by atoms with Gasteiger partial charge in [0, 0.05) is 32.7 Å². The van der Waals surface area contributed by atoms with Gasteiger partial charge in [0.05, 0.1) is 16.1 Å². The second-order valence-corrected chi connectivity index (χ2v) is 8.44. The van der Waals surface area contributed by atoms with Gasteiger partial charge in [-0.25, -0.2) is 12.7 Å². The molecule has 0 aliphatic carbocycles. The van der Waals surface area contributed by atoms with Gasteiger partial charge in [-0.2, -0.15) is 0 Å². The van der Waals surface area contributed by atoms with Gasteiger partial charge in [0.2, 0.25) is 10.0 Å². The first-order chi connectivity index (χ1) is 13.2. The maximum absolute atomic E-state index is 12.7. The molecule has 2 rings (SSSR count). The number of nitrogens with one attached hydrogen (secondary N) is 1. The van der Waals surface area contributed by atoms with E-state index < -0.39 is 15.9 Å². The Morgan fingerprint density at radius 1 is 0.964 bits per heavy atom. The molecule has 1 N–H and O–H groups in total. The van der Waals surface area contributed by atoms with E-state index in [1.807, 2.05) is 13.8 Å². The predicted molar refractivity (Wildman–Crippen MR) is 109 cm³/mol. The third-order valence-corrected chi connectivity index (χ3v) is 6.14. The second-order valence-electron chi connectivity index (χ2n) is 6.29. The monoisotopic (exact) mass is 403 g/mol. The van der Waals surface area contributed by atoms with Crippen LogP contribution in [0, 0.1) is 0 Å². The molecule has 0 fully saturated rings. The summed E-state index contributed by atoms with van der Waals surface area (Å²) < 4.78 is 25.7. The maximum atomic E-state index is 12.7. The third-order valence-electron chi connectivity index (χ3n) is 4.33. The molecule has 0 aromatic heterocycles. The van der Waals surface area contributed by atoms with Crippen molar-refractivity contribution in [1.82, 2.24) is 9.21 Å². The van der Waals surface area contributed by atoms with Gasteiger partial charge >= 0.3 is 0 Å². The molecule has 150 valence electrons. The molecule has 7 nitrogen and oxygen atoms in total. The number of sulfonamides is 1. The summed E-state index contributed by atoms with van der Waals surface area (Å²) in [5.41, 5.74) is 0.954. The van der Waals surface area contributed by atoms with Crippen molar-refractivity contribution in [2.24, 2.45) is 0 Å². The fraction of sp³-hybridized carbons (Fsp3) is 0.300. The topological polar surface area (TPSA) is 86.8 Å². The SMILES string of the molecule is CCN(CC)C(=O)c1ccccc1NC(=O)c1cccc(S(=O)(=O)N(C)C)c1. The number of anilines is 1. The Kier molecular flexibility index (Phi) is 6.93. The smallest absolute Gasteiger partial charge is 0.255 e. The fourth-order valence-corrected chi connectivity index (χ4v) is 3.61. The lowest BCUT2D eigenvalue weighted by molar-refractivity contribution is 0.0774. The number of rotatable bonds is 7. The summed E-state index contributed by atoms with van der Waals surface area (Å²) in [4.78, 5) is 27.1. The molecule has 0 heterocycles. The van der Waals surface area contributed by atoms with E-state index in [-0.39, 0.29) is 16.4 Å². The standard InChI is InChI=1S/C20H25N3O4S/c1-5-23(6-2)20(25)17-12-7-8-13-18(17)21-19(24)15-10-9-11-16(14-15)28(26,27)22(3)4/h7-14H,5-6H2,1-4H3,(H,21,24). The third kappa shape index (κ3) is 4.58. The second kappa shape index (κ2) is 8.99. The molecule has 0 atom stereocenters. The van der Waals surface area contributed by atoms with E-state index in [9.17, 15) is 18.0 Å². The summed E-state index contributed by atoms with van der Waals surface area (Å²) >= 11 is 0. The van der Waals surface area contributed by atoms with Crippen LogP contribution in [-0.4, -0.2) is 56.6 Å². The molecule has 2 amide bonds. The number of benzene rings is 2. The van der Waals surface area contributed by atoms with Gasteiger partial charge < -0.3 is 10.2 Å². The van der Waals surface area contributed by atoms with Crippen molar-refractivity contribution >= 4 is 27.5 Å². The van der Waals surface area contributed by atoms with Crippen molar-refractivity contribution in [3.63, 3.8) is 0 Å². The number of hydrogen-bond acceptors (Lipinski definition) is 4. The first kappa shape index (κ1) is 21.6. The van der Waals surface area contributed by atoms with Crippen molar-refractivity contribution < 1.29 is 18.0 Å². The molecular formula is C20H25N3O4S. The number of hydrogen-bond donors (Lipinski definition) is 1. The zero-order valence-electron chi connectivity index (χ0n) is 16.5. The molecule has 0 saturated heterocycles. The minimum absolute atomic E-state index is 0.0256. The van der Waals surface area contributed by atoms with Crippen molar-refractivity contribution in [2.45, 2.75) is 18.7 Å². The summed E-state index contributed by atoms with van der Waals surface area (Å²) in [5.74, 6) is -0.666. The Labute approximate surface area is 166 Å². The summed E-state index contributed by atoms with van der Waals surface area (Å²) in [6.45, 7) is 4.89. The van der Waals surface area contributed by atoms with Crippen molar-refractivity contribution in [2.75, 3.05) is 32.5 Å². The average molecular weight is 404 g/mol. The molecule has 0 radical (unpaired) electrons. The number of carbonyl (C=O) groups excluding carboxylic acids is 2. The highest BCUT2D eigenvalue weighted by Crippen LogP contribution is 2.20. The van der Waals surface area contributed by atoms with E-state index in [4.69, 9.17) is 0 Å². The normalized spacial score (nSPS) is 11.3. The largest absolute Gasteiger partial charge is 0.339 e. The zero-order valence-corrected chi connectivity index (χ0v) is 17.3. The van der Waals surface area contributed by atoms with Crippen molar-refractivity contribution in [3.05, 3.63) is 59.7 Å². The van der Waals surface area contributed by atoms with E-state index in [2.05, 4.69) is 5.32 Å². The van der Waals surface area contributed by atoms with Crippen molar-refractivity contribution in [1.29, 1.82) is 0 Å². The van der Waals surface area contributed by atoms with Crippen LogP contribution in [0.25, 0.3) is 0 Å². The van der Waals surface area contributed by atoms with Gasteiger partial charge in [0.15, 0.2) is 0 Å². The van der Waals surface area contributed by atoms with E-state index in [0.717, 1.165) is 4.31 Å². The van der Waals surface area contributed by atoms with Crippen molar-refractivity contribution in [3.8, 4) is 0 Å². The van der Waals surface area contributed by atoms with Gasteiger partial charge in [0.1, 0.15) is 0 Å². The highest BCUT2D eigenvalue weighted by atomic mass is 32.2. The first-order valence-electron chi connectivity index (χ1n) is 8.94. The summed E-state index contributed by atoms with van der Waals surface area (Å²) in [7, 11) is -0.797. The van der Waals surface area contributed by atoms with Crippen LogP contribution in [0.15, 0.2) is 53.4 Å². The summed E-state index contributed by atoms with van der Waals surface area (Å²) in [5, 5.41) is 2.72. The van der Waals surface area contributed by atoms with Crippen LogP contribution in [0.2, 0.25) is 0 Å². The van der Waals surface area contributed by atoms with Crippen LogP contribution in [0.4, 0.5) is 5.69 Å². The quantitative estimate of drug-likeness (QED) is 0.770. The molecule has 0 saturated carbocycles. The number of amides is 2. The highest BCUT2D eigenvalue weighted by molar-refractivity contribution is 7.89. The lowest BCUT2D eigenvalue weighted by Crippen LogP contribution is -2.31. The van der Waals surface area contributed by atoms with Gasteiger partial charge in [0.25, 0.3) is 11.8 Å². The summed E-state index contributed by atoms with van der Waals surface area (Å²) in [6, 6.07) is 12.6. The molecule has 8 heteroatoms. The molecule has 0 aliphatic heterocycles. The van der Waals surface area contributed by atoms with E-state index in [0.29, 0.717) is 24.3 Å². The lowest BCUT2D eigenvalue weighted by Gasteiger charge is -2.20. The zero-order chi connectivity index (χ0) is 20.9. The molecule has 0 spiro atoms. The molecule has 0 bridgehead atoms. The van der Waals surface area contributed by atoms with E-state index in [1.54, 1.807) is 29.2 Å². The summed E-state index contributed by atoms with van der Waals surface area (Å²) in [6.07, 6.45) is 0. The number of para-hydroxylation sites is 1. The molecule has 0 aliphatic rings. The number of nitrogens with zero attached hydrogens (tertiary/aromatic N) is 2. The van der Waals surface area contributed by atoms with Crippen LogP contribution < -0.4 is 5.32 Å². The minimum Gasteiger partial charge on any atom is -0.339 e.